The number of ether oxygens (including phenoxy) is 2. The molecule has 0 amide bonds. The molecule has 0 aliphatic carbocycles. The summed E-state index contributed by atoms with van der Waals surface area (Å²) in [5, 5.41) is 0. The Morgan fingerprint density at radius 1 is 0.421 bits per heavy atom. The van der Waals surface area contributed by atoms with Gasteiger partial charge in [-0.1, -0.05) is 84.9 Å². The van der Waals surface area contributed by atoms with Gasteiger partial charge in [0.1, 0.15) is 34.5 Å². The lowest BCUT2D eigenvalue weighted by molar-refractivity contribution is 0.414. The number of methoxy groups -OCH3 is 2. The fraction of sp³-hybridized carbons (Fsp3) is 0.0588. The molecule has 0 aliphatic rings. The van der Waals surface area contributed by atoms with E-state index in [1.54, 1.807) is 14.2 Å². The Bertz CT molecular complexity index is 1550. The molecule has 0 radical (unpaired) electrons. The summed E-state index contributed by atoms with van der Waals surface area (Å²) in [5.74, 6) is 4.60. The second-order valence-corrected chi connectivity index (χ2v) is 8.90. The van der Waals surface area contributed by atoms with Crippen LogP contribution in [0.5, 0.6) is 11.5 Å². The number of furan rings is 2. The summed E-state index contributed by atoms with van der Waals surface area (Å²) in [6, 6.07) is 40.3. The Morgan fingerprint density at radius 2 is 0.816 bits per heavy atom. The number of rotatable bonds is 7. The van der Waals surface area contributed by atoms with E-state index in [2.05, 4.69) is 36.4 Å². The van der Waals surface area contributed by atoms with Gasteiger partial charge < -0.3 is 18.3 Å². The van der Waals surface area contributed by atoms with E-state index in [1.807, 2.05) is 84.9 Å². The van der Waals surface area contributed by atoms with Gasteiger partial charge in [-0.15, -0.1) is 0 Å². The molecule has 186 valence electrons. The molecule has 0 bridgehead atoms. The van der Waals surface area contributed by atoms with Crippen molar-refractivity contribution in [3.05, 3.63) is 121 Å². The lowest BCUT2D eigenvalue weighted by Crippen LogP contribution is -1.82. The predicted molar refractivity (Wildman–Crippen MR) is 151 cm³/mol. The first-order chi connectivity index (χ1) is 18.7. The molecule has 2 aromatic heterocycles. The minimum absolute atomic E-state index is 0.751. The number of hydrogen-bond acceptors (Lipinski definition) is 4. The van der Waals surface area contributed by atoms with E-state index >= 15 is 0 Å². The Hall–Kier alpha value is -4.96. The monoisotopic (exact) mass is 498 g/mol. The van der Waals surface area contributed by atoms with E-state index in [4.69, 9.17) is 18.3 Å². The largest absolute Gasteiger partial charge is 0.497 e. The minimum Gasteiger partial charge on any atom is -0.497 e. The molecule has 0 atom stereocenters. The fourth-order valence-corrected chi connectivity index (χ4v) is 4.63. The highest BCUT2D eigenvalue weighted by Gasteiger charge is 2.23. The Kier molecular flexibility index (Phi) is 6.29. The highest BCUT2D eigenvalue weighted by Crippen LogP contribution is 2.46. The van der Waals surface area contributed by atoms with Crippen LogP contribution in [0.15, 0.2) is 130 Å². The first-order valence-corrected chi connectivity index (χ1v) is 12.4. The van der Waals surface area contributed by atoms with E-state index < -0.39 is 0 Å². The quantitative estimate of drug-likeness (QED) is 0.220. The maximum atomic E-state index is 6.57. The minimum atomic E-state index is 0.751. The van der Waals surface area contributed by atoms with Gasteiger partial charge in [-0.3, -0.25) is 0 Å². The topological polar surface area (TPSA) is 44.7 Å². The molecule has 0 unspecified atom stereocenters. The Morgan fingerprint density at radius 3 is 1.21 bits per heavy atom. The summed E-state index contributed by atoms with van der Waals surface area (Å²) in [6.07, 6.45) is 0. The van der Waals surface area contributed by atoms with Crippen molar-refractivity contribution in [2.45, 2.75) is 0 Å². The molecule has 4 nitrogen and oxygen atoms in total. The van der Waals surface area contributed by atoms with Crippen LogP contribution < -0.4 is 9.47 Å². The van der Waals surface area contributed by atoms with Crippen molar-refractivity contribution in [3.63, 3.8) is 0 Å². The highest BCUT2D eigenvalue weighted by atomic mass is 16.5. The van der Waals surface area contributed by atoms with E-state index in [0.717, 1.165) is 67.9 Å². The molecule has 6 rings (SSSR count). The van der Waals surface area contributed by atoms with Gasteiger partial charge in [0.05, 0.1) is 14.2 Å². The van der Waals surface area contributed by atoms with Crippen molar-refractivity contribution in [2.75, 3.05) is 14.2 Å². The number of benzene rings is 4. The van der Waals surface area contributed by atoms with Crippen molar-refractivity contribution in [3.8, 4) is 67.9 Å². The van der Waals surface area contributed by atoms with Gasteiger partial charge in [-0.05, 0) is 36.4 Å². The molecule has 38 heavy (non-hydrogen) atoms. The Balaban J connectivity index is 1.59. The molecule has 0 N–H and O–H groups in total. The van der Waals surface area contributed by atoms with Gasteiger partial charge in [0.25, 0.3) is 0 Å². The molecule has 6 aromatic rings. The summed E-state index contributed by atoms with van der Waals surface area (Å²) in [5.41, 5.74) is 5.74. The van der Waals surface area contributed by atoms with E-state index in [-0.39, 0.29) is 0 Å². The zero-order valence-corrected chi connectivity index (χ0v) is 21.2. The first-order valence-electron chi connectivity index (χ1n) is 12.4. The zero-order valence-electron chi connectivity index (χ0n) is 21.2. The lowest BCUT2D eigenvalue weighted by atomic mass is 9.98. The van der Waals surface area contributed by atoms with E-state index in [1.165, 1.54) is 0 Å². The second-order valence-electron chi connectivity index (χ2n) is 8.90. The molecule has 0 saturated carbocycles. The third kappa shape index (κ3) is 4.48. The van der Waals surface area contributed by atoms with Gasteiger partial charge in [0.2, 0.25) is 0 Å². The average Bonchev–Trinajstić information content (AvgIpc) is 3.64. The van der Waals surface area contributed by atoms with Crippen LogP contribution >= 0.6 is 0 Å². The van der Waals surface area contributed by atoms with Crippen LogP contribution in [0.25, 0.3) is 56.4 Å². The standard InChI is InChI=1S/C34H26O4/c1-35-27-17-9-15-25(19-27)31-21-29(33(37-31)23-11-5-3-6-12-23)30-22-32(26-16-10-18-28(20-26)36-2)38-34(30)24-13-7-4-8-14-24/h3-22H,1-2H3. The molecule has 0 spiro atoms. The molecule has 4 heteroatoms. The number of hydrogen-bond donors (Lipinski definition) is 0. The van der Waals surface area contributed by atoms with Crippen LogP contribution in [0.1, 0.15) is 0 Å². The molecule has 2 heterocycles. The Labute approximate surface area is 221 Å². The first kappa shape index (κ1) is 23.4. The fourth-order valence-electron chi connectivity index (χ4n) is 4.63. The van der Waals surface area contributed by atoms with Crippen LogP contribution in [0.2, 0.25) is 0 Å². The van der Waals surface area contributed by atoms with Crippen molar-refractivity contribution >= 4 is 0 Å². The zero-order chi connectivity index (χ0) is 25.9. The smallest absolute Gasteiger partial charge is 0.142 e. The maximum absolute atomic E-state index is 6.57. The van der Waals surface area contributed by atoms with Crippen molar-refractivity contribution in [1.82, 2.24) is 0 Å². The highest BCUT2D eigenvalue weighted by molar-refractivity contribution is 5.92. The van der Waals surface area contributed by atoms with Crippen molar-refractivity contribution in [1.29, 1.82) is 0 Å². The second kappa shape index (κ2) is 10.2. The van der Waals surface area contributed by atoms with Crippen LogP contribution in [0.3, 0.4) is 0 Å². The van der Waals surface area contributed by atoms with Crippen LogP contribution in [-0.2, 0) is 0 Å². The van der Waals surface area contributed by atoms with Gasteiger partial charge >= 0.3 is 0 Å². The summed E-state index contributed by atoms with van der Waals surface area (Å²) in [6.45, 7) is 0. The van der Waals surface area contributed by atoms with Crippen LogP contribution in [-0.4, -0.2) is 14.2 Å². The summed E-state index contributed by atoms with van der Waals surface area (Å²) >= 11 is 0. The van der Waals surface area contributed by atoms with Crippen LogP contribution in [0.4, 0.5) is 0 Å². The summed E-state index contributed by atoms with van der Waals surface area (Å²) in [7, 11) is 3.33. The van der Waals surface area contributed by atoms with Crippen LogP contribution in [0, 0.1) is 0 Å². The average molecular weight is 499 g/mol. The molecule has 4 aromatic carbocycles. The van der Waals surface area contributed by atoms with Gasteiger partial charge in [-0.2, -0.15) is 0 Å². The van der Waals surface area contributed by atoms with Crippen molar-refractivity contribution in [2.24, 2.45) is 0 Å². The third-order valence-electron chi connectivity index (χ3n) is 6.53. The SMILES string of the molecule is COc1cccc(-c2cc(-c3cc(-c4cccc(OC)c4)oc3-c3ccccc3)c(-c3ccccc3)o2)c1. The molecule has 0 saturated heterocycles. The van der Waals surface area contributed by atoms with Gasteiger partial charge in [0.15, 0.2) is 0 Å². The summed E-state index contributed by atoms with van der Waals surface area (Å²) < 4.78 is 24.1. The normalized spacial score (nSPS) is 10.9. The lowest BCUT2D eigenvalue weighted by Gasteiger charge is -2.04. The van der Waals surface area contributed by atoms with Crippen molar-refractivity contribution < 1.29 is 18.3 Å². The summed E-state index contributed by atoms with van der Waals surface area (Å²) in [4.78, 5) is 0. The predicted octanol–water partition coefficient (Wildman–Crippen LogP) is 9.22. The van der Waals surface area contributed by atoms with E-state index in [0.29, 0.717) is 0 Å². The van der Waals surface area contributed by atoms with E-state index in [9.17, 15) is 0 Å². The maximum Gasteiger partial charge on any atom is 0.142 e. The molecule has 0 aliphatic heterocycles. The third-order valence-corrected chi connectivity index (χ3v) is 6.53. The molecule has 0 fully saturated rings. The van der Waals surface area contributed by atoms with Gasteiger partial charge in [-0.25, -0.2) is 0 Å². The molecular formula is C34H26O4. The van der Waals surface area contributed by atoms with Gasteiger partial charge in [0, 0.05) is 33.4 Å². The molecular weight excluding hydrogens is 472 g/mol.